The lowest BCUT2D eigenvalue weighted by molar-refractivity contribution is 0.0524. The van der Waals surface area contributed by atoms with Crippen molar-refractivity contribution in [3.8, 4) is 17.4 Å². The van der Waals surface area contributed by atoms with Crippen LogP contribution < -0.4 is 20.1 Å². The Morgan fingerprint density at radius 1 is 1.21 bits per heavy atom. The second-order valence-corrected chi connectivity index (χ2v) is 7.47. The minimum atomic E-state index is 0. The molecule has 7 heteroatoms. The van der Waals surface area contributed by atoms with Gasteiger partial charge in [0.15, 0.2) is 0 Å². The minimum absolute atomic E-state index is 0. The van der Waals surface area contributed by atoms with Crippen molar-refractivity contribution in [1.82, 2.24) is 15.6 Å². The van der Waals surface area contributed by atoms with Crippen molar-refractivity contribution in [3.05, 3.63) is 48.2 Å². The molecular weight excluding hydrogens is 390 g/mol. The van der Waals surface area contributed by atoms with Gasteiger partial charge in [0.1, 0.15) is 11.5 Å². The third kappa shape index (κ3) is 5.60. The van der Waals surface area contributed by atoms with E-state index in [2.05, 4.69) is 21.7 Å². The van der Waals surface area contributed by atoms with Crippen LogP contribution in [0.5, 0.6) is 17.4 Å². The van der Waals surface area contributed by atoms with E-state index in [1.807, 2.05) is 30.3 Å². The molecule has 2 heterocycles. The van der Waals surface area contributed by atoms with Crippen LogP contribution in [0.25, 0.3) is 0 Å². The number of hydrogen-bond donors (Lipinski definition) is 2. The fraction of sp³-hybridized carbons (Fsp3) is 0.500. The first-order chi connectivity index (χ1) is 13.8. The molecule has 29 heavy (non-hydrogen) atoms. The van der Waals surface area contributed by atoms with Crippen LogP contribution in [0.2, 0.25) is 0 Å². The van der Waals surface area contributed by atoms with E-state index in [1.165, 1.54) is 19.3 Å². The predicted octanol–water partition coefficient (Wildman–Crippen LogP) is 3.55. The molecule has 1 aliphatic carbocycles. The highest BCUT2D eigenvalue weighted by molar-refractivity contribution is 5.85. The molecule has 1 saturated heterocycles. The molecule has 3 atom stereocenters. The van der Waals surface area contributed by atoms with Crippen LogP contribution >= 0.6 is 12.4 Å². The Kier molecular flexibility index (Phi) is 8.12. The van der Waals surface area contributed by atoms with E-state index in [0.29, 0.717) is 23.9 Å². The molecular formula is C22H30ClN3O3. The SMILES string of the molecule is COc1cccc(Oc2ncccc2CNC2CCCC2C2COCCN2)c1.Cl. The molecule has 2 aromatic rings. The topological polar surface area (TPSA) is 64.6 Å². The molecule has 158 valence electrons. The van der Waals surface area contributed by atoms with Gasteiger partial charge >= 0.3 is 0 Å². The third-order valence-corrected chi connectivity index (χ3v) is 5.70. The van der Waals surface area contributed by atoms with E-state index < -0.39 is 0 Å². The smallest absolute Gasteiger partial charge is 0.223 e. The summed E-state index contributed by atoms with van der Waals surface area (Å²) in [5, 5.41) is 7.38. The van der Waals surface area contributed by atoms with Crippen LogP contribution in [-0.2, 0) is 11.3 Å². The van der Waals surface area contributed by atoms with Gasteiger partial charge in [0.05, 0.1) is 20.3 Å². The Hall–Kier alpha value is -1.86. The molecule has 0 bridgehead atoms. The van der Waals surface area contributed by atoms with Crippen molar-refractivity contribution in [1.29, 1.82) is 0 Å². The largest absolute Gasteiger partial charge is 0.497 e. The van der Waals surface area contributed by atoms with Gasteiger partial charge in [0.2, 0.25) is 5.88 Å². The maximum absolute atomic E-state index is 6.05. The molecule has 0 spiro atoms. The molecule has 2 aliphatic rings. The summed E-state index contributed by atoms with van der Waals surface area (Å²) < 4.78 is 17.0. The van der Waals surface area contributed by atoms with E-state index in [9.17, 15) is 0 Å². The Labute approximate surface area is 178 Å². The molecule has 1 aromatic carbocycles. The van der Waals surface area contributed by atoms with E-state index in [0.717, 1.165) is 43.4 Å². The van der Waals surface area contributed by atoms with Crippen LogP contribution in [0, 0.1) is 5.92 Å². The van der Waals surface area contributed by atoms with Crippen LogP contribution in [0.3, 0.4) is 0 Å². The quantitative estimate of drug-likeness (QED) is 0.715. The number of benzene rings is 1. The lowest BCUT2D eigenvalue weighted by atomic mass is 9.94. The summed E-state index contributed by atoms with van der Waals surface area (Å²) in [6.07, 6.45) is 5.48. The number of nitrogens with one attached hydrogen (secondary N) is 2. The van der Waals surface area contributed by atoms with Gasteiger partial charge in [-0.25, -0.2) is 4.98 Å². The zero-order valence-corrected chi connectivity index (χ0v) is 17.6. The Bertz CT molecular complexity index is 770. The average molecular weight is 420 g/mol. The number of hydrogen-bond acceptors (Lipinski definition) is 6. The lowest BCUT2D eigenvalue weighted by Gasteiger charge is -2.33. The van der Waals surface area contributed by atoms with E-state index in [4.69, 9.17) is 14.2 Å². The predicted molar refractivity (Wildman–Crippen MR) is 115 cm³/mol. The number of pyridine rings is 1. The zero-order valence-electron chi connectivity index (χ0n) is 16.8. The minimum Gasteiger partial charge on any atom is -0.497 e. The van der Waals surface area contributed by atoms with Crippen molar-refractivity contribution >= 4 is 12.4 Å². The maximum atomic E-state index is 6.05. The maximum Gasteiger partial charge on any atom is 0.223 e. The number of nitrogens with zero attached hydrogens (tertiary/aromatic N) is 1. The summed E-state index contributed by atoms with van der Waals surface area (Å²) in [6.45, 7) is 3.33. The van der Waals surface area contributed by atoms with Crippen LogP contribution in [0.4, 0.5) is 0 Å². The van der Waals surface area contributed by atoms with Crippen molar-refractivity contribution in [2.24, 2.45) is 5.92 Å². The second-order valence-electron chi connectivity index (χ2n) is 7.47. The first-order valence-electron chi connectivity index (χ1n) is 10.1. The molecule has 0 radical (unpaired) electrons. The number of halogens is 1. The third-order valence-electron chi connectivity index (χ3n) is 5.70. The van der Waals surface area contributed by atoms with Crippen LogP contribution in [-0.4, -0.2) is 43.9 Å². The molecule has 2 fully saturated rings. The van der Waals surface area contributed by atoms with Crippen LogP contribution in [0.1, 0.15) is 24.8 Å². The van der Waals surface area contributed by atoms with Gasteiger partial charge in [-0.1, -0.05) is 18.6 Å². The molecule has 3 unspecified atom stereocenters. The normalized spacial score (nSPS) is 24.0. The molecule has 0 amide bonds. The molecule has 6 nitrogen and oxygen atoms in total. The number of methoxy groups -OCH3 is 1. The van der Waals surface area contributed by atoms with Gasteiger partial charge in [0.25, 0.3) is 0 Å². The fourth-order valence-electron chi connectivity index (χ4n) is 4.25. The van der Waals surface area contributed by atoms with Gasteiger partial charge in [0, 0.05) is 43.0 Å². The van der Waals surface area contributed by atoms with Gasteiger partial charge in [-0.3, -0.25) is 0 Å². The molecule has 4 rings (SSSR count). The Balaban J connectivity index is 0.00000240. The van der Waals surface area contributed by atoms with E-state index >= 15 is 0 Å². The molecule has 2 N–H and O–H groups in total. The van der Waals surface area contributed by atoms with Crippen molar-refractivity contribution in [2.75, 3.05) is 26.9 Å². The van der Waals surface area contributed by atoms with Crippen molar-refractivity contribution in [2.45, 2.75) is 37.9 Å². The summed E-state index contributed by atoms with van der Waals surface area (Å²) >= 11 is 0. The number of rotatable bonds is 7. The van der Waals surface area contributed by atoms with Crippen molar-refractivity contribution < 1.29 is 14.2 Å². The summed E-state index contributed by atoms with van der Waals surface area (Å²) in [5.41, 5.74) is 1.06. The van der Waals surface area contributed by atoms with Gasteiger partial charge in [-0.05, 0) is 37.0 Å². The fourth-order valence-corrected chi connectivity index (χ4v) is 4.25. The molecule has 1 aromatic heterocycles. The monoisotopic (exact) mass is 419 g/mol. The van der Waals surface area contributed by atoms with E-state index in [1.54, 1.807) is 13.3 Å². The van der Waals surface area contributed by atoms with Gasteiger partial charge < -0.3 is 24.8 Å². The summed E-state index contributed by atoms with van der Waals surface area (Å²) in [4.78, 5) is 4.45. The van der Waals surface area contributed by atoms with Crippen LogP contribution in [0.15, 0.2) is 42.6 Å². The molecule has 1 saturated carbocycles. The first kappa shape index (κ1) is 21.8. The van der Waals surface area contributed by atoms with Crippen molar-refractivity contribution in [3.63, 3.8) is 0 Å². The highest BCUT2D eigenvalue weighted by Gasteiger charge is 2.34. The summed E-state index contributed by atoms with van der Waals surface area (Å²) in [7, 11) is 1.65. The zero-order chi connectivity index (χ0) is 19.2. The Morgan fingerprint density at radius 3 is 2.93 bits per heavy atom. The van der Waals surface area contributed by atoms with Gasteiger partial charge in [-0.2, -0.15) is 0 Å². The highest BCUT2D eigenvalue weighted by atomic mass is 35.5. The van der Waals surface area contributed by atoms with E-state index in [-0.39, 0.29) is 12.4 Å². The standard InChI is InChI=1S/C22H29N3O3.ClH/c1-26-17-6-2-7-18(13-17)28-22-16(5-4-10-24-22)14-25-20-9-3-8-19(20)21-15-27-12-11-23-21;/h2,4-7,10,13,19-21,23,25H,3,8-9,11-12,14-15H2,1H3;1H. The lowest BCUT2D eigenvalue weighted by Crippen LogP contribution is -2.50. The number of ether oxygens (including phenoxy) is 3. The van der Waals surface area contributed by atoms with Gasteiger partial charge in [-0.15, -0.1) is 12.4 Å². The first-order valence-corrected chi connectivity index (χ1v) is 10.1. The number of aromatic nitrogens is 1. The Morgan fingerprint density at radius 2 is 2.10 bits per heavy atom. The summed E-state index contributed by atoms with van der Waals surface area (Å²) in [5.74, 6) is 2.74. The number of morpholine rings is 1. The second kappa shape index (κ2) is 10.8. The highest BCUT2D eigenvalue weighted by Crippen LogP contribution is 2.31. The molecule has 1 aliphatic heterocycles. The average Bonchev–Trinajstić information content (AvgIpc) is 3.22. The summed E-state index contributed by atoms with van der Waals surface area (Å²) in [6, 6.07) is 12.6.